The molecule has 1 aliphatic carbocycles. The molecule has 0 atom stereocenters. The van der Waals surface area contributed by atoms with Gasteiger partial charge in [-0.25, -0.2) is 9.59 Å². The minimum Gasteiger partial charge on any atom is -0.478 e. The van der Waals surface area contributed by atoms with Crippen molar-refractivity contribution in [1.29, 1.82) is 0 Å². The third-order valence-electron chi connectivity index (χ3n) is 4.61. The summed E-state index contributed by atoms with van der Waals surface area (Å²) < 4.78 is 5.31. The number of hydrogen-bond acceptors (Lipinski definition) is 3. The number of carbonyl (C=O) groups is 2. The van der Waals surface area contributed by atoms with E-state index in [2.05, 4.69) is 5.32 Å². The Morgan fingerprint density at radius 1 is 1.12 bits per heavy atom. The fraction of sp³-hybridized carbons (Fsp3) is 0.600. The molecule has 0 radical (unpaired) electrons. The van der Waals surface area contributed by atoms with Crippen LogP contribution in [0.15, 0.2) is 24.3 Å². The molecule has 2 N–H and O–H groups in total. The Balaban J connectivity index is 1.70. The highest BCUT2D eigenvalue weighted by molar-refractivity contribution is 5.87. The van der Waals surface area contributed by atoms with Gasteiger partial charge in [-0.15, -0.1) is 0 Å². The highest BCUT2D eigenvalue weighted by Gasteiger charge is 2.24. The minimum atomic E-state index is -0.887. The summed E-state index contributed by atoms with van der Waals surface area (Å²) >= 11 is 0. The van der Waals surface area contributed by atoms with Crippen LogP contribution in [0.4, 0.5) is 4.79 Å². The van der Waals surface area contributed by atoms with Crippen molar-refractivity contribution in [2.24, 2.45) is 5.92 Å². The number of carboxylic acids is 1. The third-order valence-corrected chi connectivity index (χ3v) is 4.61. The van der Waals surface area contributed by atoms with Crippen molar-refractivity contribution in [2.75, 3.05) is 0 Å². The SMILES string of the molecule is CC(C)(C)OC(=O)NC1CCC(CCc2ccc(C(=O)O)cc2)CC1. The number of carbonyl (C=O) groups excluding carboxylic acids is 1. The van der Waals surface area contributed by atoms with Crippen LogP contribution in [0.25, 0.3) is 0 Å². The second-order valence-electron chi connectivity index (χ2n) is 7.90. The lowest BCUT2D eigenvalue weighted by Crippen LogP contribution is -2.40. The molecule has 1 amide bonds. The number of aryl methyl sites for hydroxylation is 1. The molecule has 5 nitrogen and oxygen atoms in total. The van der Waals surface area contributed by atoms with Crippen LogP contribution in [-0.4, -0.2) is 28.8 Å². The molecule has 138 valence electrons. The quantitative estimate of drug-likeness (QED) is 0.828. The van der Waals surface area contributed by atoms with Crippen LogP contribution in [0, 0.1) is 5.92 Å². The second-order valence-corrected chi connectivity index (χ2v) is 7.90. The molecule has 1 aliphatic rings. The number of hydrogen-bond donors (Lipinski definition) is 2. The number of ether oxygens (including phenoxy) is 1. The van der Waals surface area contributed by atoms with Crippen LogP contribution >= 0.6 is 0 Å². The molecule has 0 bridgehead atoms. The normalized spacial score (nSPS) is 20.8. The van der Waals surface area contributed by atoms with E-state index in [-0.39, 0.29) is 12.1 Å². The first kappa shape index (κ1) is 19.3. The van der Waals surface area contributed by atoms with E-state index in [9.17, 15) is 9.59 Å². The molecular weight excluding hydrogens is 318 g/mol. The van der Waals surface area contributed by atoms with Crippen molar-refractivity contribution < 1.29 is 19.4 Å². The van der Waals surface area contributed by atoms with Gasteiger partial charge < -0.3 is 15.2 Å². The monoisotopic (exact) mass is 347 g/mol. The summed E-state index contributed by atoms with van der Waals surface area (Å²) in [4.78, 5) is 22.7. The van der Waals surface area contributed by atoms with Gasteiger partial charge in [0.05, 0.1) is 5.56 Å². The van der Waals surface area contributed by atoms with E-state index >= 15 is 0 Å². The molecule has 0 saturated heterocycles. The lowest BCUT2D eigenvalue weighted by Gasteiger charge is -2.30. The molecule has 0 aromatic heterocycles. The Labute approximate surface area is 149 Å². The van der Waals surface area contributed by atoms with Crippen molar-refractivity contribution in [1.82, 2.24) is 5.32 Å². The molecule has 0 heterocycles. The van der Waals surface area contributed by atoms with Gasteiger partial charge in [0.25, 0.3) is 0 Å². The maximum absolute atomic E-state index is 11.8. The van der Waals surface area contributed by atoms with Crippen molar-refractivity contribution in [3.05, 3.63) is 35.4 Å². The van der Waals surface area contributed by atoms with Gasteiger partial charge >= 0.3 is 12.1 Å². The Morgan fingerprint density at radius 3 is 2.24 bits per heavy atom. The Hall–Kier alpha value is -2.04. The maximum Gasteiger partial charge on any atom is 0.407 e. The number of aromatic carboxylic acids is 1. The zero-order chi connectivity index (χ0) is 18.4. The summed E-state index contributed by atoms with van der Waals surface area (Å²) in [5.74, 6) is -0.224. The first-order valence-electron chi connectivity index (χ1n) is 9.04. The summed E-state index contributed by atoms with van der Waals surface area (Å²) in [7, 11) is 0. The van der Waals surface area contributed by atoms with Crippen LogP contribution in [0.5, 0.6) is 0 Å². The van der Waals surface area contributed by atoms with Crippen LogP contribution in [0.2, 0.25) is 0 Å². The van der Waals surface area contributed by atoms with Gasteiger partial charge in [-0.1, -0.05) is 12.1 Å². The van der Waals surface area contributed by atoms with E-state index in [4.69, 9.17) is 9.84 Å². The third kappa shape index (κ3) is 6.77. The van der Waals surface area contributed by atoms with Gasteiger partial charge in [-0.2, -0.15) is 0 Å². The van der Waals surface area contributed by atoms with Gasteiger partial charge in [0, 0.05) is 6.04 Å². The lowest BCUT2D eigenvalue weighted by atomic mass is 9.83. The van der Waals surface area contributed by atoms with Gasteiger partial charge in [-0.3, -0.25) is 0 Å². The van der Waals surface area contributed by atoms with Gasteiger partial charge in [-0.05, 0) is 82.9 Å². The number of benzene rings is 1. The van der Waals surface area contributed by atoms with Gasteiger partial charge in [0.1, 0.15) is 5.60 Å². The largest absolute Gasteiger partial charge is 0.478 e. The number of carboxylic acid groups (broad SMARTS) is 1. The fourth-order valence-electron chi connectivity index (χ4n) is 3.25. The molecule has 1 aromatic rings. The number of nitrogens with one attached hydrogen (secondary N) is 1. The molecule has 2 rings (SSSR count). The zero-order valence-electron chi connectivity index (χ0n) is 15.4. The zero-order valence-corrected chi connectivity index (χ0v) is 15.4. The molecule has 1 aromatic carbocycles. The number of alkyl carbamates (subject to hydrolysis) is 1. The molecule has 1 saturated carbocycles. The molecule has 1 fully saturated rings. The summed E-state index contributed by atoms with van der Waals surface area (Å²) in [6, 6.07) is 7.35. The van der Waals surface area contributed by atoms with E-state index < -0.39 is 11.6 Å². The first-order chi connectivity index (χ1) is 11.7. The summed E-state index contributed by atoms with van der Waals surface area (Å²) in [6.07, 6.45) is 5.93. The summed E-state index contributed by atoms with van der Waals surface area (Å²) in [5.41, 5.74) is 1.05. The molecule has 0 spiro atoms. The lowest BCUT2D eigenvalue weighted by molar-refractivity contribution is 0.0486. The number of rotatable bonds is 5. The predicted molar refractivity (Wildman–Crippen MR) is 96.8 cm³/mol. The van der Waals surface area contributed by atoms with E-state index in [1.807, 2.05) is 32.9 Å². The van der Waals surface area contributed by atoms with E-state index in [0.29, 0.717) is 11.5 Å². The van der Waals surface area contributed by atoms with E-state index in [1.54, 1.807) is 12.1 Å². The smallest absolute Gasteiger partial charge is 0.407 e. The topological polar surface area (TPSA) is 75.6 Å². The van der Waals surface area contributed by atoms with Crippen LogP contribution in [0.3, 0.4) is 0 Å². The van der Waals surface area contributed by atoms with E-state index in [1.165, 1.54) is 5.56 Å². The molecular formula is C20H29NO4. The number of amides is 1. The fourth-order valence-corrected chi connectivity index (χ4v) is 3.25. The second kappa shape index (κ2) is 8.37. The van der Waals surface area contributed by atoms with Crippen molar-refractivity contribution in [3.8, 4) is 0 Å². The Morgan fingerprint density at radius 2 is 1.72 bits per heavy atom. The average Bonchev–Trinajstić information content (AvgIpc) is 2.53. The predicted octanol–water partition coefficient (Wildman–Crippen LogP) is 4.40. The average molecular weight is 347 g/mol. The highest BCUT2D eigenvalue weighted by atomic mass is 16.6. The minimum absolute atomic E-state index is 0.209. The first-order valence-corrected chi connectivity index (χ1v) is 9.04. The Bertz CT molecular complexity index is 581. The van der Waals surface area contributed by atoms with Crippen molar-refractivity contribution in [2.45, 2.75) is 70.9 Å². The van der Waals surface area contributed by atoms with Crippen LogP contribution in [-0.2, 0) is 11.2 Å². The van der Waals surface area contributed by atoms with Crippen molar-refractivity contribution >= 4 is 12.1 Å². The van der Waals surface area contributed by atoms with Crippen LogP contribution in [0.1, 0.15) is 68.8 Å². The molecule has 0 aliphatic heterocycles. The summed E-state index contributed by atoms with van der Waals surface area (Å²) in [6.45, 7) is 5.60. The van der Waals surface area contributed by atoms with Gasteiger partial charge in [0.2, 0.25) is 0 Å². The summed E-state index contributed by atoms with van der Waals surface area (Å²) in [5, 5.41) is 11.9. The molecule has 0 unspecified atom stereocenters. The van der Waals surface area contributed by atoms with Crippen molar-refractivity contribution in [3.63, 3.8) is 0 Å². The molecule has 25 heavy (non-hydrogen) atoms. The standard InChI is InChI=1S/C20H29NO4/c1-20(2,3)25-19(24)21-17-12-8-15(9-13-17)5-4-14-6-10-16(11-7-14)18(22)23/h6-7,10-11,15,17H,4-5,8-9,12-13H2,1-3H3,(H,21,24)(H,22,23). The maximum atomic E-state index is 11.8. The van der Waals surface area contributed by atoms with Gasteiger partial charge in [0.15, 0.2) is 0 Å². The van der Waals surface area contributed by atoms with E-state index in [0.717, 1.165) is 38.5 Å². The van der Waals surface area contributed by atoms with Crippen LogP contribution < -0.4 is 5.32 Å². The Kier molecular flexibility index (Phi) is 6.45. The molecule has 5 heteroatoms. The highest BCUT2D eigenvalue weighted by Crippen LogP contribution is 2.28.